The van der Waals surface area contributed by atoms with Crippen LogP contribution in [0.15, 0.2) is 18.2 Å². The van der Waals surface area contributed by atoms with Crippen molar-refractivity contribution in [3.05, 3.63) is 23.8 Å². The van der Waals surface area contributed by atoms with Gasteiger partial charge < -0.3 is 19.3 Å². The van der Waals surface area contributed by atoms with Crippen LogP contribution in [0, 0.1) is 5.92 Å². The molecule has 1 atom stereocenters. The van der Waals surface area contributed by atoms with Crippen molar-refractivity contribution in [3.8, 4) is 11.5 Å². The average Bonchev–Trinajstić information content (AvgIpc) is 2.66. The van der Waals surface area contributed by atoms with Crippen molar-refractivity contribution in [3.63, 3.8) is 0 Å². The van der Waals surface area contributed by atoms with E-state index in [1.165, 1.54) is 0 Å². The predicted octanol–water partition coefficient (Wildman–Crippen LogP) is 2.19. The van der Waals surface area contributed by atoms with E-state index >= 15 is 0 Å². The van der Waals surface area contributed by atoms with E-state index < -0.39 is 0 Å². The summed E-state index contributed by atoms with van der Waals surface area (Å²) in [4.78, 5) is 17.3. The van der Waals surface area contributed by atoms with Crippen LogP contribution in [0.5, 0.6) is 11.5 Å². The molecule has 5 nitrogen and oxygen atoms in total. The van der Waals surface area contributed by atoms with Crippen molar-refractivity contribution in [1.29, 1.82) is 0 Å². The van der Waals surface area contributed by atoms with Gasteiger partial charge in [-0.1, -0.05) is 13.0 Å². The van der Waals surface area contributed by atoms with Crippen molar-refractivity contribution < 1.29 is 14.3 Å². The number of carbonyl (C=O) groups is 1. The van der Waals surface area contributed by atoms with Crippen molar-refractivity contribution in [2.45, 2.75) is 32.2 Å². The van der Waals surface area contributed by atoms with Crippen molar-refractivity contribution >= 4 is 5.91 Å². The monoisotopic (exact) mass is 332 g/mol. The standard InChI is InChI=1S/C19H28N2O3/c1-4-21-9-7-16(8-10-21)20(2)19(22)15-11-14-5-6-17(23-3)12-18(14)24-13-15/h5-6,12,15-16H,4,7-11,13H2,1-3H3/t15-/m0/s1. The maximum absolute atomic E-state index is 12.9. The molecule has 1 aromatic carbocycles. The van der Waals surface area contributed by atoms with E-state index in [2.05, 4.69) is 11.8 Å². The fourth-order valence-electron chi connectivity index (χ4n) is 3.73. The summed E-state index contributed by atoms with van der Waals surface area (Å²) in [5, 5.41) is 0. The molecule has 2 aliphatic rings. The van der Waals surface area contributed by atoms with Crippen LogP contribution in [0.3, 0.4) is 0 Å². The van der Waals surface area contributed by atoms with Crippen LogP contribution < -0.4 is 9.47 Å². The number of methoxy groups -OCH3 is 1. The highest BCUT2D eigenvalue weighted by Gasteiger charge is 2.32. The lowest BCUT2D eigenvalue weighted by Gasteiger charge is -2.38. The molecular weight excluding hydrogens is 304 g/mol. The van der Waals surface area contributed by atoms with Crippen LogP contribution in [-0.2, 0) is 11.2 Å². The summed E-state index contributed by atoms with van der Waals surface area (Å²) in [5.74, 6) is 1.77. The first-order chi connectivity index (χ1) is 11.6. The van der Waals surface area contributed by atoms with E-state index in [1.54, 1.807) is 7.11 Å². The second-order valence-corrected chi connectivity index (χ2v) is 6.80. The van der Waals surface area contributed by atoms with Gasteiger partial charge in [0.2, 0.25) is 5.91 Å². The fraction of sp³-hybridized carbons (Fsp3) is 0.632. The Morgan fingerprint density at radius 3 is 2.79 bits per heavy atom. The molecule has 1 amide bonds. The number of amides is 1. The van der Waals surface area contributed by atoms with E-state index in [0.29, 0.717) is 12.6 Å². The molecule has 1 saturated heterocycles. The Labute approximate surface area is 144 Å². The molecule has 132 valence electrons. The number of hydrogen-bond acceptors (Lipinski definition) is 4. The predicted molar refractivity (Wildman–Crippen MR) is 93.6 cm³/mol. The minimum absolute atomic E-state index is 0.0832. The van der Waals surface area contributed by atoms with Gasteiger partial charge in [0.25, 0.3) is 0 Å². The van der Waals surface area contributed by atoms with Crippen LogP contribution in [0.1, 0.15) is 25.3 Å². The molecule has 1 fully saturated rings. The maximum Gasteiger partial charge on any atom is 0.229 e. The molecule has 0 aromatic heterocycles. The normalized spacial score (nSPS) is 21.7. The summed E-state index contributed by atoms with van der Waals surface area (Å²) in [5.41, 5.74) is 1.09. The van der Waals surface area contributed by atoms with Crippen LogP contribution in [-0.4, -0.2) is 62.1 Å². The van der Waals surface area contributed by atoms with Gasteiger partial charge >= 0.3 is 0 Å². The molecule has 0 bridgehead atoms. The van der Waals surface area contributed by atoms with E-state index in [-0.39, 0.29) is 11.8 Å². The van der Waals surface area contributed by atoms with Crippen molar-refractivity contribution in [1.82, 2.24) is 9.80 Å². The summed E-state index contributed by atoms with van der Waals surface area (Å²) in [6, 6.07) is 6.20. The zero-order valence-corrected chi connectivity index (χ0v) is 15.0. The molecule has 0 unspecified atom stereocenters. The first kappa shape index (κ1) is 17.1. The van der Waals surface area contributed by atoms with Gasteiger partial charge in [0.05, 0.1) is 13.0 Å². The number of piperidine rings is 1. The highest BCUT2D eigenvalue weighted by Crippen LogP contribution is 2.32. The Morgan fingerprint density at radius 2 is 2.12 bits per heavy atom. The second kappa shape index (κ2) is 7.43. The van der Waals surface area contributed by atoms with E-state index in [0.717, 1.165) is 56.0 Å². The highest BCUT2D eigenvalue weighted by atomic mass is 16.5. The molecule has 2 aliphatic heterocycles. The number of carbonyl (C=O) groups excluding carboxylic acids is 1. The van der Waals surface area contributed by atoms with Crippen LogP contribution in [0.2, 0.25) is 0 Å². The lowest BCUT2D eigenvalue weighted by Crippen LogP contribution is -2.48. The number of fused-ring (bicyclic) bond motifs is 1. The van der Waals surface area contributed by atoms with Crippen LogP contribution in [0.4, 0.5) is 0 Å². The Morgan fingerprint density at radius 1 is 1.38 bits per heavy atom. The third kappa shape index (κ3) is 3.51. The summed E-state index contributed by atoms with van der Waals surface area (Å²) in [7, 11) is 3.60. The molecular formula is C19H28N2O3. The SMILES string of the molecule is CCN1CCC(N(C)C(=O)[C@@H]2COc3cc(OC)ccc3C2)CC1. The largest absolute Gasteiger partial charge is 0.497 e. The fourth-order valence-corrected chi connectivity index (χ4v) is 3.73. The average molecular weight is 332 g/mol. The first-order valence-corrected chi connectivity index (χ1v) is 8.91. The summed E-state index contributed by atoms with van der Waals surface area (Å²) in [6.07, 6.45) is 2.88. The molecule has 5 heteroatoms. The number of ether oxygens (including phenoxy) is 2. The smallest absolute Gasteiger partial charge is 0.229 e. The molecule has 0 radical (unpaired) electrons. The molecule has 0 spiro atoms. The number of likely N-dealkylation sites (tertiary alicyclic amines) is 1. The Kier molecular flexibility index (Phi) is 5.29. The van der Waals surface area contributed by atoms with Crippen LogP contribution >= 0.6 is 0 Å². The Balaban J connectivity index is 1.61. The zero-order chi connectivity index (χ0) is 17.1. The van der Waals surface area contributed by atoms with Gasteiger partial charge in [-0.2, -0.15) is 0 Å². The summed E-state index contributed by atoms with van der Waals surface area (Å²) < 4.78 is 11.1. The van der Waals surface area contributed by atoms with Gasteiger partial charge in [0, 0.05) is 32.2 Å². The summed E-state index contributed by atoms with van der Waals surface area (Å²) >= 11 is 0. The van der Waals surface area contributed by atoms with E-state index in [1.807, 2.05) is 30.1 Å². The zero-order valence-electron chi connectivity index (χ0n) is 15.0. The molecule has 0 N–H and O–H groups in total. The van der Waals surface area contributed by atoms with Gasteiger partial charge in [-0.05, 0) is 37.4 Å². The van der Waals surface area contributed by atoms with Crippen molar-refractivity contribution in [2.24, 2.45) is 5.92 Å². The van der Waals surface area contributed by atoms with Gasteiger partial charge in [-0.15, -0.1) is 0 Å². The molecule has 0 aliphatic carbocycles. The maximum atomic E-state index is 12.9. The second-order valence-electron chi connectivity index (χ2n) is 6.80. The third-order valence-electron chi connectivity index (χ3n) is 5.43. The minimum atomic E-state index is -0.0832. The number of nitrogens with zero attached hydrogens (tertiary/aromatic N) is 2. The van der Waals surface area contributed by atoms with Gasteiger partial charge in [-0.3, -0.25) is 4.79 Å². The van der Waals surface area contributed by atoms with Crippen LogP contribution in [0.25, 0.3) is 0 Å². The molecule has 0 saturated carbocycles. The topological polar surface area (TPSA) is 42.0 Å². The first-order valence-electron chi connectivity index (χ1n) is 8.91. The lowest BCUT2D eigenvalue weighted by molar-refractivity contribution is -0.138. The van der Waals surface area contributed by atoms with Gasteiger partial charge in [-0.25, -0.2) is 0 Å². The van der Waals surface area contributed by atoms with E-state index in [4.69, 9.17) is 9.47 Å². The molecule has 2 heterocycles. The minimum Gasteiger partial charge on any atom is -0.497 e. The Hall–Kier alpha value is -1.75. The van der Waals surface area contributed by atoms with E-state index in [9.17, 15) is 4.79 Å². The summed E-state index contributed by atoms with van der Waals surface area (Å²) in [6.45, 7) is 5.92. The molecule has 3 rings (SSSR count). The molecule has 1 aromatic rings. The lowest BCUT2D eigenvalue weighted by atomic mass is 9.94. The van der Waals surface area contributed by atoms with Gasteiger partial charge in [0.15, 0.2) is 0 Å². The highest BCUT2D eigenvalue weighted by molar-refractivity contribution is 5.80. The van der Waals surface area contributed by atoms with Crippen molar-refractivity contribution in [2.75, 3.05) is 40.4 Å². The number of hydrogen-bond donors (Lipinski definition) is 0. The third-order valence-corrected chi connectivity index (χ3v) is 5.43. The molecule has 24 heavy (non-hydrogen) atoms. The quantitative estimate of drug-likeness (QED) is 0.848. The van der Waals surface area contributed by atoms with Gasteiger partial charge in [0.1, 0.15) is 18.1 Å². The Bertz CT molecular complexity index is 582. The number of benzene rings is 1. The number of rotatable bonds is 4.